The fourth-order valence-electron chi connectivity index (χ4n) is 4.01. The summed E-state index contributed by atoms with van der Waals surface area (Å²) in [5.74, 6) is 1.37. The monoisotopic (exact) mass is 430 g/mol. The standard InChI is InChI=1S/C21H35ClN2O3S/c1-3-24(16-17-25)15-13-19-6-4-18(5-7-19)12-14-23(2)28(26,27)21-10-8-20(22)9-11-21/h8-11,18-19,25H,3-7,12-17H2,1-2H3. The zero-order chi connectivity index (χ0) is 20.6. The van der Waals surface area contributed by atoms with Crippen molar-refractivity contribution in [3.8, 4) is 0 Å². The molecular weight excluding hydrogens is 396 g/mol. The van der Waals surface area contributed by atoms with Crippen LogP contribution in [-0.4, -0.2) is 62.6 Å². The van der Waals surface area contributed by atoms with Crippen LogP contribution in [0, 0.1) is 11.8 Å². The molecule has 2 rings (SSSR count). The lowest BCUT2D eigenvalue weighted by atomic mass is 9.79. The van der Waals surface area contributed by atoms with E-state index in [2.05, 4.69) is 11.8 Å². The first-order chi connectivity index (χ1) is 13.4. The Morgan fingerprint density at radius 3 is 2.04 bits per heavy atom. The van der Waals surface area contributed by atoms with Crippen LogP contribution in [0.15, 0.2) is 29.2 Å². The van der Waals surface area contributed by atoms with E-state index in [0.717, 1.165) is 32.0 Å². The number of hydrogen-bond donors (Lipinski definition) is 1. The van der Waals surface area contributed by atoms with Crippen LogP contribution in [0.5, 0.6) is 0 Å². The van der Waals surface area contributed by atoms with Crippen molar-refractivity contribution in [1.82, 2.24) is 9.21 Å². The number of rotatable bonds is 11. The molecule has 1 aromatic carbocycles. The summed E-state index contributed by atoms with van der Waals surface area (Å²) >= 11 is 5.86. The van der Waals surface area contributed by atoms with Gasteiger partial charge in [-0.2, -0.15) is 0 Å². The molecule has 160 valence electrons. The van der Waals surface area contributed by atoms with Crippen LogP contribution in [0.2, 0.25) is 5.02 Å². The Kier molecular flexibility index (Phi) is 9.71. The number of aliphatic hydroxyl groups excluding tert-OH is 1. The minimum Gasteiger partial charge on any atom is -0.395 e. The first-order valence-corrected chi connectivity index (χ1v) is 12.2. The topological polar surface area (TPSA) is 60.9 Å². The van der Waals surface area contributed by atoms with Gasteiger partial charge in [0, 0.05) is 25.2 Å². The maximum absolute atomic E-state index is 12.7. The van der Waals surface area contributed by atoms with Gasteiger partial charge in [0.05, 0.1) is 11.5 Å². The van der Waals surface area contributed by atoms with Crippen LogP contribution in [0.25, 0.3) is 0 Å². The molecule has 1 fully saturated rings. The largest absolute Gasteiger partial charge is 0.395 e. The number of sulfonamides is 1. The van der Waals surface area contributed by atoms with Crippen molar-refractivity contribution in [1.29, 1.82) is 0 Å². The van der Waals surface area contributed by atoms with Gasteiger partial charge in [0.2, 0.25) is 10.0 Å². The van der Waals surface area contributed by atoms with Gasteiger partial charge in [-0.15, -0.1) is 0 Å². The quantitative estimate of drug-likeness (QED) is 0.579. The molecule has 0 amide bonds. The van der Waals surface area contributed by atoms with E-state index in [1.165, 1.54) is 36.4 Å². The minimum absolute atomic E-state index is 0.229. The van der Waals surface area contributed by atoms with Gasteiger partial charge in [0.15, 0.2) is 0 Å². The Morgan fingerprint density at radius 2 is 1.54 bits per heavy atom. The smallest absolute Gasteiger partial charge is 0.242 e. The highest BCUT2D eigenvalue weighted by atomic mass is 35.5. The third-order valence-electron chi connectivity index (χ3n) is 6.06. The molecule has 1 N–H and O–H groups in total. The summed E-state index contributed by atoms with van der Waals surface area (Å²) in [6, 6.07) is 6.36. The molecule has 0 atom stereocenters. The van der Waals surface area contributed by atoms with Crippen LogP contribution >= 0.6 is 11.6 Å². The van der Waals surface area contributed by atoms with E-state index < -0.39 is 10.0 Å². The lowest BCUT2D eigenvalue weighted by molar-refractivity contribution is 0.177. The summed E-state index contributed by atoms with van der Waals surface area (Å²) in [5.41, 5.74) is 0. The second kappa shape index (κ2) is 11.5. The van der Waals surface area contributed by atoms with E-state index in [4.69, 9.17) is 16.7 Å². The fourth-order valence-corrected chi connectivity index (χ4v) is 5.33. The van der Waals surface area contributed by atoms with Gasteiger partial charge in [0.25, 0.3) is 0 Å². The second-order valence-corrected chi connectivity index (χ2v) is 10.4. The first kappa shape index (κ1) is 23.6. The molecule has 0 spiro atoms. The van der Waals surface area contributed by atoms with Crippen LogP contribution in [0.4, 0.5) is 0 Å². The minimum atomic E-state index is -3.45. The molecule has 0 aliphatic heterocycles. The summed E-state index contributed by atoms with van der Waals surface area (Å²) < 4.78 is 26.8. The average molecular weight is 431 g/mol. The van der Waals surface area contributed by atoms with Crippen molar-refractivity contribution in [3.05, 3.63) is 29.3 Å². The van der Waals surface area contributed by atoms with E-state index in [1.807, 2.05) is 0 Å². The van der Waals surface area contributed by atoms with Crippen LogP contribution in [0.1, 0.15) is 45.4 Å². The maximum atomic E-state index is 12.7. The Hall–Kier alpha value is -0.660. The van der Waals surface area contributed by atoms with Gasteiger partial charge in [-0.05, 0) is 62.0 Å². The molecule has 1 saturated carbocycles. The third-order valence-corrected chi connectivity index (χ3v) is 8.18. The SMILES string of the molecule is CCN(CCO)CCC1CCC(CCN(C)S(=O)(=O)c2ccc(Cl)cc2)CC1. The molecule has 1 aliphatic rings. The third kappa shape index (κ3) is 6.99. The van der Waals surface area contributed by atoms with Gasteiger partial charge in [-0.1, -0.05) is 44.2 Å². The molecule has 7 heteroatoms. The molecule has 0 saturated heterocycles. The van der Waals surface area contributed by atoms with Crippen molar-refractivity contribution in [3.63, 3.8) is 0 Å². The summed E-state index contributed by atoms with van der Waals surface area (Å²) in [6.07, 6.45) is 6.95. The Bertz CT molecular complexity index is 673. The number of likely N-dealkylation sites (N-methyl/N-ethyl adjacent to an activating group) is 1. The number of halogens is 1. The van der Waals surface area contributed by atoms with Crippen LogP contribution < -0.4 is 0 Å². The molecule has 5 nitrogen and oxygen atoms in total. The zero-order valence-electron chi connectivity index (χ0n) is 17.2. The Balaban J connectivity index is 1.73. The maximum Gasteiger partial charge on any atom is 0.242 e. The average Bonchev–Trinajstić information content (AvgIpc) is 2.70. The molecule has 1 aliphatic carbocycles. The summed E-state index contributed by atoms with van der Waals surface area (Å²) in [4.78, 5) is 2.61. The number of hydrogen-bond acceptors (Lipinski definition) is 4. The number of benzene rings is 1. The molecule has 28 heavy (non-hydrogen) atoms. The summed E-state index contributed by atoms with van der Waals surface area (Å²) in [5, 5.41) is 9.63. The highest BCUT2D eigenvalue weighted by molar-refractivity contribution is 7.89. The Morgan fingerprint density at radius 1 is 1.00 bits per heavy atom. The van der Waals surface area contributed by atoms with Gasteiger partial charge >= 0.3 is 0 Å². The van der Waals surface area contributed by atoms with Crippen LogP contribution in [-0.2, 0) is 10.0 Å². The summed E-state index contributed by atoms with van der Waals surface area (Å²) in [6.45, 7) is 5.74. The predicted octanol–water partition coefficient (Wildman–Crippen LogP) is 3.86. The number of nitrogens with zero attached hydrogens (tertiary/aromatic N) is 2. The fraction of sp³-hybridized carbons (Fsp3) is 0.714. The van der Waals surface area contributed by atoms with E-state index in [9.17, 15) is 8.42 Å². The first-order valence-electron chi connectivity index (χ1n) is 10.4. The Labute approximate surface area is 175 Å². The van der Waals surface area contributed by atoms with E-state index in [-0.39, 0.29) is 6.61 Å². The molecule has 0 aromatic heterocycles. The van der Waals surface area contributed by atoms with Crippen molar-refractivity contribution in [2.24, 2.45) is 11.8 Å². The zero-order valence-corrected chi connectivity index (χ0v) is 18.8. The normalized spacial score (nSPS) is 20.8. The number of aliphatic hydroxyl groups is 1. The van der Waals surface area contributed by atoms with Gasteiger partial charge in [-0.3, -0.25) is 0 Å². The molecule has 0 heterocycles. The predicted molar refractivity (Wildman–Crippen MR) is 115 cm³/mol. The van der Waals surface area contributed by atoms with Crippen molar-refractivity contribution >= 4 is 21.6 Å². The highest BCUT2D eigenvalue weighted by Gasteiger charge is 2.25. The molecular formula is C21H35ClN2O3S. The second-order valence-electron chi connectivity index (χ2n) is 7.90. The molecule has 0 radical (unpaired) electrons. The lowest BCUT2D eigenvalue weighted by Gasteiger charge is -2.31. The van der Waals surface area contributed by atoms with Crippen molar-refractivity contribution in [2.45, 2.75) is 50.3 Å². The van der Waals surface area contributed by atoms with E-state index in [0.29, 0.717) is 22.4 Å². The van der Waals surface area contributed by atoms with Crippen molar-refractivity contribution < 1.29 is 13.5 Å². The highest BCUT2D eigenvalue weighted by Crippen LogP contribution is 2.33. The summed E-state index contributed by atoms with van der Waals surface area (Å²) in [7, 11) is -1.78. The van der Waals surface area contributed by atoms with Gasteiger partial charge < -0.3 is 10.0 Å². The van der Waals surface area contributed by atoms with Crippen molar-refractivity contribution in [2.75, 3.05) is 39.8 Å². The van der Waals surface area contributed by atoms with E-state index >= 15 is 0 Å². The molecule has 0 unspecified atom stereocenters. The van der Waals surface area contributed by atoms with Gasteiger partial charge in [0.1, 0.15) is 0 Å². The molecule has 0 bridgehead atoms. The lowest BCUT2D eigenvalue weighted by Crippen LogP contribution is -2.31. The van der Waals surface area contributed by atoms with Crippen LogP contribution in [0.3, 0.4) is 0 Å². The van der Waals surface area contributed by atoms with E-state index in [1.54, 1.807) is 31.3 Å². The van der Waals surface area contributed by atoms with Gasteiger partial charge in [-0.25, -0.2) is 12.7 Å². The molecule has 1 aromatic rings.